The maximum atomic E-state index is 17.1. The van der Waals surface area contributed by atoms with Crippen molar-refractivity contribution in [3.05, 3.63) is 52.9 Å². The summed E-state index contributed by atoms with van der Waals surface area (Å²) in [4.78, 5) is 21.8. The number of halogens is 5. The molecule has 1 aliphatic carbocycles. The van der Waals surface area contributed by atoms with Crippen LogP contribution in [0.2, 0.25) is 0 Å². The van der Waals surface area contributed by atoms with Gasteiger partial charge in [0.1, 0.15) is 47.3 Å². The lowest BCUT2D eigenvalue weighted by molar-refractivity contribution is -0.137. The fraction of sp³-hybridized carbons (Fsp3) is 0.457. The molecular weight excluding hydrogens is 673 g/mol. The van der Waals surface area contributed by atoms with Crippen molar-refractivity contribution in [2.75, 3.05) is 36.9 Å². The molecule has 1 saturated heterocycles. The van der Waals surface area contributed by atoms with Gasteiger partial charge in [-0.2, -0.15) is 28.2 Å². The number of pyridine rings is 2. The van der Waals surface area contributed by atoms with Crippen molar-refractivity contribution in [3.63, 3.8) is 0 Å². The van der Waals surface area contributed by atoms with Crippen LogP contribution in [0, 0.1) is 18.6 Å². The van der Waals surface area contributed by atoms with E-state index in [2.05, 4.69) is 30.0 Å². The molecule has 3 aliphatic rings. The van der Waals surface area contributed by atoms with Gasteiger partial charge in [0.05, 0.1) is 36.1 Å². The van der Waals surface area contributed by atoms with Crippen molar-refractivity contribution in [1.29, 1.82) is 0 Å². The third kappa shape index (κ3) is 5.82. The molecule has 51 heavy (non-hydrogen) atoms. The number of aryl methyl sites for hydroxylation is 1. The maximum Gasteiger partial charge on any atom is 0.417 e. The molecule has 0 amide bonds. The van der Waals surface area contributed by atoms with Crippen molar-refractivity contribution in [2.24, 2.45) is 0 Å². The van der Waals surface area contributed by atoms with Gasteiger partial charge in [-0.05, 0) is 50.8 Å². The van der Waals surface area contributed by atoms with Gasteiger partial charge >= 0.3 is 12.2 Å². The largest absolute Gasteiger partial charge is 0.475 e. The minimum atomic E-state index is -4.85. The molecule has 5 aromatic rings. The van der Waals surface area contributed by atoms with Gasteiger partial charge in [0.15, 0.2) is 5.82 Å². The van der Waals surface area contributed by atoms with Crippen LogP contribution in [0.25, 0.3) is 33.1 Å². The van der Waals surface area contributed by atoms with Gasteiger partial charge in [0, 0.05) is 35.1 Å². The average molecular weight is 710 g/mol. The molecule has 1 saturated carbocycles. The summed E-state index contributed by atoms with van der Waals surface area (Å²) in [5, 5.41) is 6.68. The number of fused-ring (bicyclic) bond motifs is 1. The smallest absolute Gasteiger partial charge is 0.417 e. The Morgan fingerprint density at radius 1 is 1.06 bits per heavy atom. The summed E-state index contributed by atoms with van der Waals surface area (Å²) in [5.74, 6) is -1.62. The molecule has 3 N–H and O–H groups in total. The number of rotatable bonds is 7. The Morgan fingerprint density at radius 2 is 1.86 bits per heavy atom. The summed E-state index contributed by atoms with van der Waals surface area (Å²) in [6, 6.07) is 2.37. The third-order valence-electron chi connectivity index (χ3n) is 10.5. The van der Waals surface area contributed by atoms with Gasteiger partial charge in [-0.15, -0.1) is 0 Å². The molecule has 2 fully saturated rings. The van der Waals surface area contributed by atoms with Gasteiger partial charge in [-0.3, -0.25) is 10.00 Å². The number of ether oxygens (including phenoxy) is 2. The van der Waals surface area contributed by atoms with Crippen LogP contribution in [0.1, 0.15) is 68.2 Å². The molecular formula is C35H36F5N9O2. The standard InChI is InChI=1S/C35H36F5N9O2/c1-17-12-24-23(15-43-47-24)25(27(17)35(38,39)40)29-28(37)30-26-32(46-34(45-30)51-16-21-8-9-49(21)20-6-4-3-5-7-20)48(10-11-50-33(26)44-29)18(2)22-13-19(36)14-42-31(22)41/h12-15,18,20-21H,3-11,16H2,1-2H3,(H2,41,42)(H,43,47). The molecule has 268 valence electrons. The quantitative estimate of drug-likeness (QED) is 0.172. The zero-order chi connectivity index (χ0) is 35.6. The van der Waals surface area contributed by atoms with Crippen LogP contribution >= 0.6 is 0 Å². The number of nitrogens with zero attached hydrogens (tertiary/aromatic N) is 7. The number of nitrogens with one attached hydrogen (secondary N) is 1. The number of alkyl halides is 3. The number of hydrogen-bond acceptors (Lipinski definition) is 10. The number of hydrogen-bond donors (Lipinski definition) is 2. The molecule has 0 spiro atoms. The Kier molecular flexibility index (Phi) is 8.31. The van der Waals surface area contributed by atoms with Crippen LogP contribution in [0.15, 0.2) is 24.5 Å². The molecule has 8 rings (SSSR count). The first-order valence-corrected chi connectivity index (χ1v) is 17.1. The molecule has 2 unspecified atom stereocenters. The summed E-state index contributed by atoms with van der Waals surface area (Å²) in [5.41, 5.74) is 4.20. The Morgan fingerprint density at radius 3 is 2.61 bits per heavy atom. The topological polar surface area (TPSA) is 131 Å². The predicted molar refractivity (Wildman–Crippen MR) is 179 cm³/mol. The number of nitrogen functional groups attached to an aromatic ring is 1. The number of aromatic amines is 1. The van der Waals surface area contributed by atoms with Crippen molar-refractivity contribution in [3.8, 4) is 23.1 Å². The van der Waals surface area contributed by atoms with Crippen LogP contribution in [0.3, 0.4) is 0 Å². The lowest BCUT2D eigenvalue weighted by Crippen LogP contribution is -2.56. The summed E-state index contributed by atoms with van der Waals surface area (Å²) < 4.78 is 87.8. The SMILES string of the molecule is Cc1cc2[nH]ncc2c(-c2nc3c4c(nc(OCC5CCN5C5CCCCC5)nc4c2F)N(C(C)c2cc(F)cnc2N)CCO3)c1C(F)(F)F. The molecule has 11 nitrogen and oxygen atoms in total. The van der Waals surface area contributed by atoms with E-state index in [0.717, 1.165) is 32.0 Å². The zero-order valence-electron chi connectivity index (χ0n) is 28.0. The lowest BCUT2D eigenvalue weighted by Gasteiger charge is -2.47. The Bertz CT molecular complexity index is 2140. The number of aromatic nitrogens is 6. The number of likely N-dealkylation sites (tertiary alicyclic amines) is 1. The van der Waals surface area contributed by atoms with Crippen molar-refractivity contribution in [2.45, 2.75) is 76.7 Å². The van der Waals surface area contributed by atoms with Gasteiger partial charge in [-0.25, -0.2) is 18.7 Å². The summed E-state index contributed by atoms with van der Waals surface area (Å²) in [6.07, 6.45) is 4.15. The number of anilines is 2. The highest BCUT2D eigenvalue weighted by Crippen LogP contribution is 2.47. The normalized spacial score (nSPS) is 19.2. The van der Waals surface area contributed by atoms with Gasteiger partial charge < -0.3 is 20.1 Å². The highest BCUT2D eigenvalue weighted by atomic mass is 19.4. The monoisotopic (exact) mass is 709 g/mol. The van der Waals surface area contributed by atoms with Crippen molar-refractivity contribution >= 4 is 33.4 Å². The van der Waals surface area contributed by atoms with Crippen LogP contribution in [-0.4, -0.2) is 73.4 Å². The second-order valence-electron chi connectivity index (χ2n) is 13.5. The van der Waals surface area contributed by atoms with E-state index in [1.54, 1.807) is 11.8 Å². The van der Waals surface area contributed by atoms with Crippen LogP contribution < -0.4 is 20.1 Å². The highest BCUT2D eigenvalue weighted by Gasteiger charge is 2.40. The fourth-order valence-electron chi connectivity index (χ4n) is 7.88. The first-order chi connectivity index (χ1) is 24.5. The van der Waals surface area contributed by atoms with Crippen LogP contribution in [0.5, 0.6) is 11.9 Å². The summed E-state index contributed by atoms with van der Waals surface area (Å²) >= 11 is 0. The molecule has 16 heteroatoms. The maximum absolute atomic E-state index is 17.1. The molecule has 2 aliphatic heterocycles. The second-order valence-corrected chi connectivity index (χ2v) is 13.5. The molecule has 4 aromatic heterocycles. The van der Waals surface area contributed by atoms with E-state index in [9.17, 15) is 17.6 Å². The molecule has 6 heterocycles. The van der Waals surface area contributed by atoms with Gasteiger partial charge in [0.25, 0.3) is 0 Å². The highest BCUT2D eigenvalue weighted by molar-refractivity contribution is 6.02. The molecule has 0 bridgehead atoms. The van der Waals surface area contributed by atoms with Crippen LogP contribution in [0.4, 0.5) is 33.6 Å². The van der Waals surface area contributed by atoms with Crippen LogP contribution in [-0.2, 0) is 6.18 Å². The van der Waals surface area contributed by atoms with E-state index in [1.165, 1.54) is 44.5 Å². The molecule has 1 aromatic carbocycles. The van der Waals surface area contributed by atoms with Crippen molar-refractivity contribution in [1.82, 2.24) is 35.0 Å². The molecule has 0 radical (unpaired) electrons. The number of H-pyrrole nitrogens is 1. The Hall–Kier alpha value is -4.86. The molecule has 2 atom stereocenters. The second kappa shape index (κ2) is 12.7. The van der Waals surface area contributed by atoms with E-state index in [1.807, 2.05) is 0 Å². The van der Waals surface area contributed by atoms with Gasteiger partial charge in [-0.1, -0.05) is 19.3 Å². The number of benzene rings is 1. The Labute approximate surface area is 289 Å². The van der Waals surface area contributed by atoms with E-state index < -0.39 is 40.7 Å². The predicted octanol–water partition coefficient (Wildman–Crippen LogP) is 6.90. The van der Waals surface area contributed by atoms with E-state index in [-0.39, 0.29) is 76.7 Å². The van der Waals surface area contributed by atoms with E-state index in [4.69, 9.17) is 20.2 Å². The lowest BCUT2D eigenvalue weighted by atomic mass is 9.89. The summed E-state index contributed by atoms with van der Waals surface area (Å²) in [7, 11) is 0. The minimum absolute atomic E-state index is 0.0216. The minimum Gasteiger partial charge on any atom is -0.475 e. The fourth-order valence-corrected chi connectivity index (χ4v) is 7.88. The average Bonchev–Trinajstić information content (AvgIpc) is 3.47. The third-order valence-corrected chi connectivity index (χ3v) is 10.5. The van der Waals surface area contributed by atoms with Crippen molar-refractivity contribution < 1.29 is 31.4 Å². The first-order valence-electron chi connectivity index (χ1n) is 17.1. The zero-order valence-corrected chi connectivity index (χ0v) is 28.0. The first kappa shape index (κ1) is 33.3. The van der Waals surface area contributed by atoms with E-state index in [0.29, 0.717) is 11.6 Å². The Balaban J connectivity index is 1.29. The van der Waals surface area contributed by atoms with Gasteiger partial charge in [0.2, 0.25) is 5.88 Å². The summed E-state index contributed by atoms with van der Waals surface area (Å²) in [6.45, 7) is 4.39. The number of nitrogens with two attached hydrogens (primary N) is 1. The van der Waals surface area contributed by atoms with E-state index >= 15 is 4.39 Å².